The van der Waals surface area contributed by atoms with Crippen LogP contribution in [0.25, 0.3) is 0 Å². The van der Waals surface area contributed by atoms with Crippen molar-refractivity contribution in [2.45, 2.75) is 40.2 Å². The molecule has 0 atom stereocenters. The third-order valence-electron chi connectivity index (χ3n) is 2.66. The zero-order valence-electron chi connectivity index (χ0n) is 11.6. The summed E-state index contributed by atoms with van der Waals surface area (Å²) in [7, 11) is 0. The highest BCUT2D eigenvalue weighted by Crippen LogP contribution is 2.07. The Morgan fingerprint density at radius 1 is 1.17 bits per heavy atom. The van der Waals surface area contributed by atoms with Crippen molar-refractivity contribution in [3.63, 3.8) is 0 Å². The summed E-state index contributed by atoms with van der Waals surface area (Å²) in [5.74, 6) is 0. The summed E-state index contributed by atoms with van der Waals surface area (Å²) in [4.78, 5) is 3.98. The number of allylic oxidation sites excluding steroid dienone is 3. The van der Waals surface area contributed by atoms with Crippen LogP contribution >= 0.6 is 0 Å². The lowest BCUT2D eigenvalue weighted by molar-refractivity contribution is 0.148. The average molecular weight is 245 g/mol. The van der Waals surface area contributed by atoms with Crippen LogP contribution in [-0.2, 0) is 11.3 Å². The predicted octanol–water partition coefficient (Wildman–Crippen LogP) is 4.29. The summed E-state index contributed by atoms with van der Waals surface area (Å²) in [6, 6.07) is 3.96. The van der Waals surface area contributed by atoms with E-state index in [4.69, 9.17) is 4.74 Å². The standard InChI is InChI=1S/C16H23NO/c1-14(2)5-4-6-15(3)9-12-18-13-16-7-10-17-11-8-16/h5,7-11H,4,6,12-13H2,1-3H3. The lowest BCUT2D eigenvalue weighted by Crippen LogP contribution is -1.93. The van der Waals surface area contributed by atoms with E-state index in [9.17, 15) is 0 Å². The molecule has 1 rings (SSSR count). The minimum Gasteiger partial charge on any atom is -0.373 e. The summed E-state index contributed by atoms with van der Waals surface area (Å²) >= 11 is 0. The highest BCUT2D eigenvalue weighted by atomic mass is 16.5. The summed E-state index contributed by atoms with van der Waals surface area (Å²) in [5, 5.41) is 0. The SMILES string of the molecule is CC(C)=CCCC(C)=CCOCc1ccncc1. The first-order valence-corrected chi connectivity index (χ1v) is 6.44. The van der Waals surface area contributed by atoms with Gasteiger partial charge in [-0.1, -0.05) is 23.3 Å². The van der Waals surface area contributed by atoms with E-state index in [1.807, 2.05) is 12.1 Å². The number of aromatic nitrogens is 1. The summed E-state index contributed by atoms with van der Waals surface area (Å²) < 4.78 is 5.60. The second-order valence-electron chi connectivity index (χ2n) is 4.74. The zero-order chi connectivity index (χ0) is 13.2. The van der Waals surface area contributed by atoms with Crippen molar-refractivity contribution in [1.82, 2.24) is 4.98 Å². The Labute approximate surface area is 110 Å². The quantitative estimate of drug-likeness (QED) is 0.528. The van der Waals surface area contributed by atoms with E-state index < -0.39 is 0 Å². The fourth-order valence-corrected chi connectivity index (χ4v) is 1.55. The Morgan fingerprint density at radius 2 is 1.89 bits per heavy atom. The normalized spacial score (nSPS) is 11.4. The number of ether oxygens (including phenoxy) is 1. The number of rotatable bonds is 7. The average Bonchev–Trinajstić information content (AvgIpc) is 2.35. The third-order valence-corrected chi connectivity index (χ3v) is 2.66. The first kappa shape index (κ1) is 14.7. The van der Waals surface area contributed by atoms with E-state index in [0.29, 0.717) is 13.2 Å². The third kappa shape index (κ3) is 7.02. The van der Waals surface area contributed by atoms with Gasteiger partial charge in [-0.25, -0.2) is 0 Å². The predicted molar refractivity (Wildman–Crippen MR) is 76.3 cm³/mol. The van der Waals surface area contributed by atoms with Gasteiger partial charge in [-0.2, -0.15) is 0 Å². The van der Waals surface area contributed by atoms with Crippen molar-refractivity contribution in [2.24, 2.45) is 0 Å². The van der Waals surface area contributed by atoms with Crippen LogP contribution in [0.3, 0.4) is 0 Å². The molecule has 0 saturated carbocycles. The van der Waals surface area contributed by atoms with E-state index in [1.165, 1.54) is 16.7 Å². The lowest BCUT2D eigenvalue weighted by Gasteiger charge is -2.02. The molecule has 0 amide bonds. The largest absolute Gasteiger partial charge is 0.373 e. The molecule has 0 aliphatic carbocycles. The molecule has 0 spiro atoms. The molecule has 0 radical (unpaired) electrons. The monoisotopic (exact) mass is 245 g/mol. The van der Waals surface area contributed by atoms with E-state index in [1.54, 1.807) is 12.4 Å². The fraction of sp³-hybridized carbons (Fsp3) is 0.438. The van der Waals surface area contributed by atoms with Gasteiger partial charge in [0.15, 0.2) is 0 Å². The van der Waals surface area contributed by atoms with Gasteiger partial charge in [0.25, 0.3) is 0 Å². The van der Waals surface area contributed by atoms with E-state index >= 15 is 0 Å². The molecule has 0 saturated heterocycles. The second-order valence-corrected chi connectivity index (χ2v) is 4.74. The van der Waals surface area contributed by atoms with Crippen LogP contribution in [0.4, 0.5) is 0 Å². The van der Waals surface area contributed by atoms with Crippen LogP contribution in [0, 0.1) is 0 Å². The van der Waals surface area contributed by atoms with Crippen molar-refractivity contribution >= 4 is 0 Å². The number of hydrogen-bond acceptors (Lipinski definition) is 2. The van der Waals surface area contributed by atoms with Crippen LogP contribution < -0.4 is 0 Å². The Bertz CT molecular complexity index is 389. The van der Waals surface area contributed by atoms with Gasteiger partial charge < -0.3 is 4.74 Å². The number of nitrogens with zero attached hydrogens (tertiary/aromatic N) is 1. The minimum atomic E-state index is 0.653. The molecule has 1 aromatic rings. The van der Waals surface area contributed by atoms with Gasteiger partial charge in [0.2, 0.25) is 0 Å². The van der Waals surface area contributed by atoms with Gasteiger partial charge >= 0.3 is 0 Å². The molecule has 98 valence electrons. The maximum Gasteiger partial charge on any atom is 0.0722 e. The lowest BCUT2D eigenvalue weighted by atomic mass is 10.1. The maximum absolute atomic E-state index is 5.60. The van der Waals surface area contributed by atoms with Gasteiger partial charge in [0.1, 0.15) is 0 Å². The first-order chi connectivity index (χ1) is 8.68. The van der Waals surface area contributed by atoms with Crippen molar-refractivity contribution in [3.8, 4) is 0 Å². The van der Waals surface area contributed by atoms with Gasteiger partial charge in [-0.3, -0.25) is 4.98 Å². The summed E-state index contributed by atoms with van der Waals surface area (Å²) in [5.41, 5.74) is 3.94. The number of hydrogen-bond donors (Lipinski definition) is 0. The highest BCUT2D eigenvalue weighted by molar-refractivity contribution is 5.08. The van der Waals surface area contributed by atoms with Gasteiger partial charge in [0, 0.05) is 12.4 Å². The molecule has 0 aliphatic heterocycles. The summed E-state index contributed by atoms with van der Waals surface area (Å²) in [6.45, 7) is 7.77. The van der Waals surface area contributed by atoms with Crippen LogP contribution in [-0.4, -0.2) is 11.6 Å². The Kier molecular flexibility index (Phi) is 7.04. The molecule has 1 heterocycles. The molecule has 1 aromatic heterocycles. The molecule has 2 nitrogen and oxygen atoms in total. The first-order valence-electron chi connectivity index (χ1n) is 6.44. The minimum absolute atomic E-state index is 0.653. The highest BCUT2D eigenvalue weighted by Gasteiger charge is 1.92. The van der Waals surface area contributed by atoms with Crippen LogP contribution in [0.5, 0.6) is 0 Å². The molecular formula is C16H23NO. The van der Waals surface area contributed by atoms with E-state index in [2.05, 4.69) is 37.9 Å². The van der Waals surface area contributed by atoms with Crippen molar-refractivity contribution in [2.75, 3.05) is 6.61 Å². The number of pyridine rings is 1. The van der Waals surface area contributed by atoms with E-state index in [-0.39, 0.29) is 0 Å². The van der Waals surface area contributed by atoms with Crippen molar-refractivity contribution < 1.29 is 4.74 Å². The van der Waals surface area contributed by atoms with Crippen LogP contribution in [0.1, 0.15) is 39.2 Å². The van der Waals surface area contributed by atoms with Gasteiger partial charge in [-0.05, 0) is 51.3 Å². The van der Waals surface area contributed by atoms with Crippen LogP contribution in [0.2, 0.25) is 0 Å². The van der Waals surface area contributed by atoms with Gasteiger partial charge in [0.05, 0.1) is 13.2 Å². The smallest absolute Gasteiger partial charge is 0.0722 e. The molecule has 0 aliphatic rings. The second kappa shape index (κ2) is 8.65. The van der Waals surface area contributed by atoms with Crippen molar-refractivity contribution in [1.29, 1.82) is 0 Å². The topological polar surface area (TPSA) is 22.1 Å². The molecule has 0 aromatic carbocycles. The Hall–Kier alpha value is -1.41. The molecule has 0 unspecified atom stereocenters. The molecular weight excluding hydrogens is 222 g/mol. The molecule has 2 heteroatoms. The Balaban J connectivity index is 2.18. The van der Waals surface area contributed by atoms with E-state index in [0.717, 1.165) is 12.8 Å². The summed E-state index contributed by atoms with van der Waals surface area (Å²) in [6.07, 6.45) is 10.3. The molecule has 0 fully saturated rings. The van der Waals surface area contributed by atoms with Crippen molar-refractivity contribution in [3.05, 3.63) is 53.4 Å². The van der Waals surface area contributed by atoms with Crippen LogP contribution in [0.15, 0.2) is 47.8 Å². The van der Waals surface area contributed by atoms with Gasteiger partial charge in [-0.15, -0.1) is 0 Å². The molecule has 0 N–H and O–H groups in total. The fourth-order valence-electron chi connectivity index (χ4n) is 1.55. The molecule has 0 bridgehead atoms. The molecule has 18 heavy (non-hydrogen) atoms. The Morgan fingerprint density at radius 3 is 2.56 bits per heavy atom. The zero-order valence-corrected chi connectivity index (χ0v) is 11.6. The maximum atomic E-state index is 5.60.